The van der Waals surface area contributed by atoms with Crippen LogP contribution in [0.15, 0.2) is 12.1 Å². The van der Waals surface area contributed by atoms with E-state index in [0.717, 1.165) is 6.07 Å². The Morgan fingerprint density at radius 3 is 2.48 bits per heavy atom. The van der Waals surface area contributed by atoms with Gasteiger partial charge in [0.25, 0.3) is 0 Å². The fraction of sp³-hybridized carbons (Fsp3) is 0.250. The minimum atomic E-state index is -0.588. The van der Waals surface area contributed by atoms with Gasteiger partial charge in [0.1, 0.15) is 11.8 Å². The molecule has 1 aromatic carbocycles. The number of halogens is 3. The van der Waals surface area contributed by atoms with Gasteiger partial charge in [-0.2, -0.15) is 5.10 Å². The van der Waals surface area contributed by atoms with Gasteiger partial charge in [-0.05, 0) is 6.92 Å². The van der Waals surface area contributed by atoms with Gasteiger partial charge in [0.15, 0.2) is 5.75 Å². The topological polar surface area (TPSA) is 70.2 Å². The lowest BCUT2D eigenvalue weighted by molar-refractivity contribution is -0.385. The molecule has 0 aliphatic heterocycles. The summed E-state index contributed by atoms with van der Waals surface area (Å²) in [5.41, 5.74) is 1.08. The number of ether oxygens (including phenoxy) is 1. The van der Waals surface area contributed by atoms with Crippen molar-refractivity contribution in [2.45, 2.75) is 13.5 Å². The molecule has 0 fully saturated rings. The van der Waals surface area contributed by atoms with Crippen LogP contribution >= 0.6 is 34.8 Å². The minimum Gasteiger partial charge on any atom is -0.482 e. The second-order valence-corrected chi connectivity index (χ2v) is 5.43. The van der Waals surface area contributed by atoms with E-state index in [1.54, 1.807) is 14.0 Å². The molecule has 0 aliphatic carbocycles. The fourth-order valence-corrected chi connectivity index (χ4v) is 2.30. The Morgan fingerprint density at radius 2 is 1.95 bits per heavy atom. The maximum atomic E-state index is 11.0. The number of hydrogen-bond acceptors (Lipinski definition) is 4. The van der Waals surface area contributed by atoms with E-state index in [4.69, 9.17) is 39.5 Å². The predicted octanol–water partition coefficient (Wildman–Crippen LogP) is 4.18. The van der Waals surface area contributed by atoms with Crippen molar-refractivity contribution in [3.8, 4) is 5.75 Å². The summed E-state index contributed by atoms with van der Waals surface area (Å²) in [5, 5.41) is 15.8. The zero-order valence-corrected chi connectivity index (χ0v) is 13.3. The summed E-state index contributed by atoms with van der Waals surface area (Å²) >= 11 is 17.7. The Kier molecular flexibility index (Phi) is 4.61. The summed E-state index contributed by atoms with van der Waals surface area (Å²) in [4.78, 5) is 10.4. The number of rotatable bonds is 4. The SMILES string of the molecule is Cc1nn(C)c(Cl)c1COc1cc(Cl)c(Cl)cc1[N+](=O)[O-]. The van der Waals surface area contributed by atoms with Crippen LogP contribution in [-0.2, 0) is 13.7 Å². The van der Waals surface area contributed by atoms with E-state index in [1.165, 1.54) is 10.7 Å². The molecule has 6 nitrogen and oxygen atoms in total. The van der Waals surface area contributed by atoms with Gasteiger partial charge in [0.05, 0.1) is 20.7 Å². The molecule has 0 atom stereocenters. The average Bonchev–Trinajstić information content (AvgIpc) is 2.64. The molecular formula is C12H10Cl3N3O3. The van der Waals surface area contributed by atoms with Gasteiger partial charge in [-0.3, -0.25) is 14.8 Å². The highest BCUT2D eigenvalue weighted by atomic mass is 35.5. The molecular weight excluding hydrogens is 341 g/mol. The lowest BCUT2D eigenvalue weighted by atomic mass is 10.2. The quantitative estimate of drug-likeness (QED) is 0.613. The number of nitrogens with zero attached hydrogens (tertiary/aromatic N) is 3. The first-order chi connectivity index (χ1) is 9.81. The van der Waals surface area contributed by atoms with Crippen molar-refractivity contribution in [2.24, 2.45) is 7.05 Å². The van der Waals surface area contributed by atoms with Crippen LogP contribution in [0.25, 0.3) is 0 Å². The van der Waals surface area contributed by atoms with Crippen LogP contribution < -0.4 is 4.74 Å². The highest BCUT2D eigenvalue weighted by Crippen LogP contribution is 2.36. The van der Waals surface area contributed by atoms with Gasteiger partial charge < -0.3 is 4.74 Å². The molecule has 112 valence electrons. The Morgan fingerprint density at radius 1 is 1.33 bits per heavy atom. The first-order valence-electron chi connectivity index (χ1n) is 5.75. The monoisotopic (exact) mass is 349 g/mol. The molecule has 0 spiro atoms. The van der Waals surface area contributed by atoms with Gasteiger partial charge in [-0.1, -0.05) is 34.8 Å². The second-order valence-electron chi connectivity index (χ2n) is 4.26. The van der Waals surface area contributed by atoms with E-state index < -0.39 is 4.92 Å². The van der Waals surface area contributed by atoms with Crippen molar-refractivity contribution in [2.75, 3.05) is 0 Å². The smallest absolute Gasteiger partial charge is 0.312 e. The Hall–Kier alpha value is -1.50. The molecule has 2 aromatic rings. The second kappa shape index (κ2) is 6.09. The van der Waals surface area contributed by atoms with E-state index >= 15 is 0 Å². The Balaban J connectivity index is 2.31. The highest BCUT2D eigenvalue weighted by molar-refractivity contribution is 6.42. The van der Waals surface area contributed by atoms with Gasteiger partial charge in [0.2, 0.25) is 0 Å². The molecule has 0 amide bonds. The van der Waals surface area contributed by atoms with Crippen molar-refractivity contribution in [3.63, 3.8) is 0 Å². The summed E-state index contributed by atoms with van der Waals surface area (Å²) in [6.45, 7) is 1.81. The van der Waals surface area contributed by atoms with Crippen molar-refractivity contribution in [1.29, 1.82) is 0 Å². The van der Waals surface area contributed by atoms with Crippen LogP contribution in [0, 0.1) is 17.0 Å². The number of nitro groups is 1. The van der Waals surface area contributed by atoms with Crippen LogP contribution in [0.3, 0.4) is 0 Å². The van der Waals surface area contributed by atoms with Crippen molar-refractivity contribution >= 4 is 40.5 Å². The number of aryl methyl sites for hydroxylation is 2. The maximum Gasteiger partial charge on any atom is 0.312 e. The minimum absolute atomic E-state index is 0.0220. The summed E-state index contributed by atoms with van der Waals surface area (Å²) < 4.78 is 6.97. The standard InChI is InChI=1S/C12H10Cl3N3O3/c1-6-7(12(15)17(2)16-6)5-21-11-4-9(14)8(13)3-10(11)18(19)20/h3-4H,5H2,1-2H3. The van der Waals surface area contributed by atoms with Gasteiger partial charge in [-0.25, -0.2) is 0 Å². The van der Waals surface area contributed by atoms with Crippen LogP contribution in [0.2, 0.25) is 15.2 Å². The van der Waals surface area contributed by atoms with E-state index in [1.807, 2.05) is 0 Å². The molecule has 0 radical (unpaired) electrons. The summed E-state index contributed by atoms with van der Waals surface area (Å²) in [7, 11) is 1.69. The fourth-order valence-electron chi connectivity index (χ4n) is 1.76. The molecule has 0 aliphatic rings. The summed E-state index contributed by atoms with van der Waals surface area (Å²) in [6, 6.07) is 2.46. The van der Waals surface area contributed by atoms with Crippen LogP contribution in [0.4, 0.5) is 5.69 Å². The zero-order valence-electron chi connectivity index (χ0n) is 11.1. The number of aromatic nitrogens is 2. The van der Waals surface area contributed by atoms with Crippen molar-refractivity contribution in [1.82, 2.24) is 9.78 Å². The Bertz CT molecular complexity index is 716. The molecule has 1 heterocycles. The van der Waals surface area contributed by atoms with Crippen molar-refractivity contribution < 1.29 is 9.66 Å². The highest BCUT2D eigenvalue weighted by Gasteiger charge is 2.20. The largest absolute Gasteiger partial charge is 0.482 e. The zero-order chi connectivity index (χ0) is 15.7. The first-order valence-corrected chi connectivity index (χ1v) is 6.89. The molecule has 0 saturated carbocycles. The van der Waals surface area contributed by atoms with Crippen LogP contribution in [0.1, 0.15) is 11.3 Å². The van der Waals surface area contributed by atoms with E-state index in [2.05, 4.69) is 5.10 Å². The third-order valence-corrected chi connectivity index (χ3v) is 4.04. The molecule has 9 heteroatoms. The third-order valence-electron chi connectivity index (χ3n) is 2.84. The molecule has 1 aromatic heterocycles. The third kappa shape index (κ3) is 3.23. The maximum absolute atomic E-state index is 11.0. The van der Waals surface area contributed by atoms with E-state index in [-0.39, 0.29) is 28.1 Å². The lowest BCUT2D eigenvalue weighted by Crippen LogP contribution is -2.00. The molecule has 0 N–H and O–H groups in total. The average molecular weight is 351 g/mol. The van der Waals surface area contributed by atoms with E-state index in [9.17, 15) is 10.1 Å². The van der Waals surface area contributed by atoms with Crippen LogP contribution in [-0.4, -0.2) is 14.7 Å². The number of benzene rings is 1. The molecule has 0 saturated heterocycles. The normalized spacial score (nSPS) is 10.7. The van der Waals surface area contributed by atoms with Gasteiger partial charge in [-0.15, -0.1) is 0 Å². The van der Waals surface area contributed by atoms with Gasteiger partial charge in [0, 0.05) is 24.7 Å². The number of hydrogen-bond donors (Lipinski definition) is 0. The Labute approximate surface area is 135 Å². The molecule has 0 unspecified atom stereocenters. The van der Waals surface area contributed by atoms with Gasteiger partial charge >= 0.3 is 5.69 Å². The molecule has 2 rings (SSSR count). The van der Waals surface area contributed by atoms with Crippen LogP contribution in [0.5, 0.6) is 5.75 Å². The summed E-state index contributed by atoms with van der Waals surface area (Å²) in [5.74, 6) is 0.0220. The van der Waals surface area contributed by atoms with E-state index in [0.29, 0.717) is 16.4 Å². The number of nitro benzene ring substituents is 1. The predicted molar refractivity (Wildman–Crippen MR) is 80.4 cm³/mol. The molecule has 0 bridgehead atoms. The van der Waals surface area contributed by atoms with Crippen molar-refractivity contribution in [3.05, 3.63) is 48.7 Å². The lowest BCUT2D eigenvalue weighted by Gasteiger charge is -2.08. The summed E-state index contributed by atoms with van der Waals surface area (Å²) in [6.07, 6.45) is 0. The molecule has 21 heavy (non-hydrogen) atoms. The first kappa shape index (κ1) is 15.9.